The molecule has 1 atom stereocenters. The standard InChI is InChI=1S/C21H24N4O4/c1-15(29-19-7-5-16-3-2-4-17(16)13-19)21(26)24-11-9-23(10-12-24)18-6-8-20(22-14-18)25(27)28/h5-8,13-15H,2-4,9-12H2,1H3/t15-/m0/s1. The molecule has 29 heavy (non-hydrogen) atoms. The molecule has 0 saturated carbocycles. The molecule has 0 N–H and O–H groups in total. The van der Waals surface area contributed by atoms with Crippen molar-refractivity contribution in [1.29, 1.82) is 0 Å². The summed E-state index contributed by atoms with van der Waals surface area (Å²) in [4.78, 5) is 30.8. The number of amides is 1. The summed E-state index contributed by atoms with van der Waals surface area (Å²) in [5.74, 6) is 0.564. The highest BCUT2D eigenvalue weighted by atomic mass is 16.6. The van der Waals surface area contributed by atoms with Gasteiger partial charge in [0.1, 0.15) is 5.75 Å². The van der Waals surface area contributed by atoms with Crippen molar-refractivity contribution in [2.45, 2.75) is 32.3 Å². The molecule has 0 unspecified atom stereocenters. The molecule has 1 aliphatic carbocycles. The second kappa shape index (κ2) is 8.06. The molecule has 4 rings (SSSR count). The van der Waals surface area contributed by atoms with E-state index in [1.54, 1.807) is 13.0 Å². The van der Waals surface area contributed by atoms with Crippen LogP contribution in [0, 0.1) is 10.1 Å². The van der Waals surface area contributed by atoms with Crippen molar-refractivity contribution >= 4 is 17.4 Å². The fourth-order valence-corrected chi connectivity index (χ4v) is 3.99. The van der Waals surface area contributed by atoms with Gasteiger partial charge in [-0.1, -0.05) is 6.07 Å². The Bertz CT molecular complexity index is 907. The second-order valence-corrected chi connectivity index (χ2v) is 7.49. The molecule has 2 heterocycles. The van der Waals surface area contributed by atoms with Crippen molar-refractivity contribution in [1.82, 2.24) is 9.88 Å². The maximum absolute atomic E-state index is 12.8. The lowest BCUT2D eigenvalue weighted by Crippen LogP contribution is -2.52. The Balaban J connectivity index is 1.31. The zero-order valence-electron chi connectivity index (χ0n) is 16.4. The van der Waals surface area contributed by atoms with Crippen LogP contribution in [-0.2, 0) is 17.6 Å². The number of nitrogens with zero attached hydrogens (tertiary/aromatic N) is 4. The lowest BCUT2D eigenvalue weighted by atomic mass is 10.1. The third-order valence-corrected chi connectivity index (χ3v) is 5.61. The predicted molar refractivity (Wildman–Crippen MR) is 108 cm³/mol. The Morgan fingerprint density at radius 2 is 1.90 bits per heavy atom. The van der Waals surface area contributed by atoms with Gasteiger partial charge in [-0.3, -0.25) is 4.79 Å². The average molecular weight is 396 g/mol. The summed E-state index contributed by atoms with van der Waals surface area (Å²) < 4.78 is 5.92. The van der Waals surface area contributed by atoms with E-state index in [0.29, 0.717) is 26.2 Å². The summed E-state index contributed by atoms with van der Waals surface area (Å²) in [5.41, 5.74) is 3.53. The molecule has 2 aromatic rings. The van der Waals surface area contributed by atoms with Gasteiger partial charge >= 0.3 is 5.82 Å². The minimum absolute atomic E-state index is 0.0213. The Hall–Kier alpha value is -3.16. The number of carbonyl (C=O) groups excluding carboxylic acids is 1. The number of ether oxygens (including phenoxy) is 1. The van der Waals surface area contributed by atoms with Crippen molar-refractivity contribution in [3.8, 4) is 5.75 Å². The number of piperazine rings is 1. The first kappa shape index (κ1) is 19.2. The minimum atomic E-state index is -0.540. The van der Waals surface area contributed by atoms with Crippen LogP contribution < -0.4 is 9.64 Å². The van der Waals surface area contributed by atoms with Crippen molar-refractivity contribution in [3.63, 3.8) is 0 Å². The van der Waals surface area contributed by atoms with E-state index in [1.165, 1.54) is 29.8 Å². The first-order valence-corrected chi connectivity index (χ1v) is 9.94. The Morgan fingerprint density at radius 1 is 1.14 bits per heavy atom. The smallest absolute Gasteiger partial charge is 0.363 e. The number of aryl methyl sites for hydroxylation is 2. The van der Waals surface area contributed by atoms with Gasteiger partial charge in [-0.15, -0.1) is 0 Å². The van der Waals surface area contributed by atoms with E-state index >= 15 is 0 Å². The number of hydrogen-bond acceptors (Lipinski definition) is 6. The lowest BCUT2D eigenvalue weighted by Gasteiger charge is -2.36. The molecule has 2 aliphatic rings. The predicted octanol–water partition coefficient (Wildman–Crippen LogP) is 2.59. The molecule has 1 aliphatic heterocycles. The largest absolute Gasteiger partial charge is 0.481 e. The maximum atomic E-state index is 12.8. The number of benzene rings is 1. The molecule has 152 valence electrons. The van der Waals surface area contributed by atoms with Gasteiger partial charge in [-0.05, 0) is 65.4 Å². The van der Waals surface area contributed by atoms with Crippen LogP contribution in [0.15, 0.2) is 36.5 Å². The Kier molecular flexibility index (Phi) is 5.33. The summed E-state index contributed by atoms with van der Waals surface area (Å²) in [6.45, 7) is 4.25. The monoisotopic (exact) mass is 396 g/mol. The molecule has 1 aromatic carbocycles. The van der Waals surface area contributed by atoms with Crippen LogP contribution in [0.1, 0.15) is 24.5 Å². The van der Waals surface area contributed by atoms with Crippen LogP contribution in [0.4, 0.5) is 11.5 Å². The Labute approximate surface area is 169 Å². The van der Waals surface area contributed by atoms with Gasteiger partial charge in [0, 0.05) is 32.2 Å². The van der Waals surface area contributed by atoms with Crippen molar-refractivity contribution in [2.24, 2.45) is 0 Å². The molecule has 0 bridgehead atoms. The van der Waals surface area contributed by atoms with Gasteiger partial charge < -0.3 is 24.7 Å². The zero-order valence-corrected chi connectivity index (χ0v) is 16.4. The molecule has 1 fully saturated rings. The number of fused-ring (bicyclic) bond motifs is 1. The number of nitro groups is 1. The fraction of sp³-hybridized carbons (Fsp3) is 0.429. The normalized spacial score (nSPS) is 17.0. The highest BCUT2D eigenvalue weighted by molar-refractivity contribution is 5.81. The molecular formula is C21H24N4O4. The first-order valence-electron chi connectivity index (χ1n) is 9.94. The van der Waals surface area contributed by atoms with Crippen LogP contribution in [0.3, 0.4) is 0 Å². The SMILES string of the molecule is C[C@H](Oc1ccc2c(c1)CCC2)C(=O)N1CCN(c2ccc([N+](=O)[O-])nc2)CC1. The van der Waals surface area contributed by atoms with E-state index in [4.69, 9.17) is 4.74 Å². The van der Waals surface area contributed by atoms with E-state index in [9.17, 15) is 14.9 Å². The fourth-order valence-electron chi connectivity index (χ4n) is 3.99. The molecule has 1 saturated heterocycles. The average Bonchev–Trinajstić information content (AvgIpc) is 3.21. The number of hydrogen-bond donors (Lipinski definition) is 0. The molecule has 0 spiro atoms. The van der Waals surface area contributed by atoms with E-state index in [2.05, 4.69) is 22.0 Å². The van der Waals surface area contributed by atoms with E-state index < -0.39 is 11.0 Å². The number of anilines is 1. The second-order valence-electron chi connectivity index (χ2n) is 7.49. The highest BCUT2D eigenvalue weighted by Gasteiger charge is 2.27. The third-order valence-electron chi connectivity index (χ3n) is 5.61. The van der Waals surface area contributed by atoms with E-state index in [1.807, 2.05) is 11.0 Å². The van der Waals surface area contributed by atoms with Gasteiger partial charge in [-0.25, -0.2) is 0 Å². The van der Waals surface area contributed by atoms with Crippen molar-refractivity contribution in [2.75, 3.05) is 31.1 Å². The number of rotatable bonds is 5. The summed E-state index contributed by atoms with van der Waals surface area (Å²) in [6.07, 6.45) is 4.35. The van der Waals surface area contributed by atoms with Crippen LogP contribution in [-0.4, -0.2) is 53.0 Å². The maximum Gasteiger partial charge on any atom is 0.363 e. The van der Waals surface area contributed by atoms with Gasteiger partial charge in [0.25, 0.3) is 5.91 Å². The zero-order chi connectivity index (χ0) is 20.4. The number of aromatic nitrogens is 1. The minimum Gasteiger partial charge on any atom is -0.481 e. The molecule has 8 heteroatoms. The summed E-state index contributed by atoms with van der Waals surface area (Å²) in [7, 11) is 0. The Morgan fingerprint density at radius 3 is 2.59 bits per heavy atom. The number of carbonyl (C=O) groups is 1. The molecule has 1 aromatic heterocycles. The lowest BCUT2D eigenvalue weighted by molar-refractivity contribution is -0.389. The van der Waals surface area contributed by atoms with Crippen molar-refractivity contribution in [3.05, 3.63) is 57.8 Å². The quantitative estimate of drug-likeness (QED) is 0.570. The topological polar surface area (TPSA) is 88.8 Å². The van der Waals surface area contributed by atoms with Gasteiger partial charge in [0.15, 0.2) is 12.3 Å². The third kappa shape index (κ3) is 4.16. The molecule has 1 amide bonds. The molecular weight excluding hydrogens is 372 g/mol. The van der Waals surface area contributed by atoms with Gasteiger partial charge in [-0.2, -0.15) is 0 Å². The van der Waals surface area contributed by atoms with Crippen LogP contribution in [0.5, 0.6) is 5.75 Å². The van der Waals surface area contributed by atoms with Crippen molar-refractivity contribution < 1.29 is 14.5 Å². The van der Waals surface area contributed by atoms with E-state index in [-0.39, 0.29) is 11.7 Å². The van der Waals surface area contributed by atoms with Gasteiger partial charge in [0.2, 0.25) is 0 Å². The molecule has 0 radical (unpaired) electrons. The summed E-state index contributed by atoms with van der Waals surface area (Å²) in [5, 5.41) is 10.7. The van der Waals surface area contributed by atoms with Crippen LogP contribution >= 0.6 is 0 Å². The highest BCUT2D eigenvalue weighted by Crippen LogP contribution is 2.27. The summed E-state index contributed by atoms with van der Waals surface area (Å²) in [6, 6.07) is 9.21. The number of pyridine rings is 1. The van der Waals surface area contributed by atoms with Crippen LogP contribution in [0.2, 0.25) is 0 Å². The van der Waals surface area contributed by atoms with Crippen LogP contribution in [0.25, 0.3) is 0 Å². The molecule has 8 nitrogen and oxygen atoms in total. The first-order chi connectivity index (χ1) is 14.0. The summed E-state index contributed by atoms with van der Waals surface area (Å²) >= 11 is 0. The van der Waals surface area contributed by atoms with Gasteiger partial charge in [0.05, 0.1) is 5.69 Å². The van der Waals surface area contributed by atoms with E-state index in [0.717, 1.165) is 24.3 Å².